The lowest BCUT2D eigenvalue weighted by molar-refractivity contribution is 0.494. The Hall–Kier alpha value is -0.0800. The van der Waals surface area contributed by atoms with Crippen LogP contribution in [0.5, 0.6) is 0 Å². The van der Waals surface area contributed by atoms with Crippen molar-refractivity contribution in [3.05, 3.63) is 0 Å². The summed E-state index contributed by atoms with van der Waals surface area (Å²) in [4.78, 5) is 0. The van der Waals surface area contributed by atoms with Crippen LogP contribution in [0.1, 0.15) is 58.8 Å². The summed E-state index contributed by atoms with van der Waals surface area (Å²) < 4.78 is 0. The van der Waals surface area contributed by atoms with E-state index >= 15 is 0 Å². The molecule has 13 heavy (non-hydrogen) atoms. The molecule has 80 valence electrons. The highest BCUT2D eigenvalue weighted by Gasteiger charge is 2.01. The van der Waals surface area contributed by atoms with Crippen molar-refractivity contribution in [2.75, 3.05) is 0 Å². The normalized spacial score (nSPS) is 15.7. The van der Waals surface area contributed by atoms with Crippen molar-refractivity contribution < 1.29 is 0 Å². The molecular weight excluding hydrogens is 160 g/mol. The number of unbranched alkanes of at least 4 members (excludes halogenated alkanes) is 2. The molecule has 1 unspecified atom stereocenters. The van der Waals surface area contributed by atoms with Crippen LogP contribution in [0.25, 0.3) is 0 Å². The number of nitrogens with two attached hydrogens (primary N) is 2. The van der Waals surface area contributed by atoms with E-state index in [1.54, 1.807) is 0 Å². The van der Waals surface area contributed by atoms with Crippen LogP contribution >= 0.6 is 0 Å². The maximum absolute atomic E-state index is 5.95. The molecule has 0 bridgehead atoms. The summed E-state index contributed by atoms with van der Waals surface area (Å²) in [6.45, 7) is 4.28. The van der Waals surface area contributed by atoms with Crippen LogP contribution in [0.3, 0.4) is 0 Å². The van der Waals surface area contributed by atoms with Gasteiger partial charge < -0.3 is 11.5 Å². The highest BCUT2D eigenvalue weighted by molar-refractivity contribution is 4.62. The maximum atomic E-state index is 5.95. The lowest BCUT2D eigenvalue weighted by atomic mass is 10.0. The first-order valence-electron chi connectivity index (χ1n) is 5.68. The van der Waals surface area contributed by atoms with Gasteiger partial charge in [-0.25, -0.2) is 0 Å². The second-order valence-electron chi connectivity index (χ2n) is 4.16. The first-order chi connectivity index (χ1) is 6.16. The monoisotopic (exact) mass is 186 g/mol. The smallest absolute Gasteiger partial charge is 0.00388 e. The van der Waals surface area contributed by atoms with Crippen molar-refractivity contribution >= 4 is 0 Å². The van der Waals surface area contributed by atoms with Crippen LogP contribution in [0.2, 0.25) is 0 Å². The van der Waals surface area contributed by atoms with E-state index in [2.05, 4.69) is 13.8 Å². The first-order valence-corrected chi connectivity index (χ1v) is 5.68. The molecule has 2 heteroatoms. The van der Waals surface area contributed by atoms with E-state index in [9.17, 15) is 0 Å². The number of hydrogen-bond acceptors (Lipinski definition) is 2. The van der Waals surface area contributed by atoms with E-state index in [1.165, 1.54) is 38.5 Å². The molecule has 0 radical (unpaired) electrons. The van der Waals surface area contributed by atoms with Gasteiger partial charge in [-0.05, 0) is 26.2 Å². The van der Waals surface area contributed by atoms with Gasteiger partial charge in [0.15, 0.2) is 0 Å². The maximum Gasteiger partial charge on any atom is 0.00388 e. The predicted octanol–water partition coefficient (Wildman–Crippen LogP) is 2.41. The zero-order valence-corrected chi connectivity index (χ0v) is 9.26. The lowest BCUT2D eigenvalue weighted by Gasteiger charge is -2.10. The van der Waals surface area contributed by atoms with Crippen LogP contribution in [-0.4, -0.2) is 12.1 Å². The first kappa shape index (κ1) is 12.9. The van der Waals surface area contributed by atoms with Crippen LogP contribution in [-0.2, 0) is 0 Å². The molecule has 0 spiro atoms. The molecule has 0 aliphatic heterocycles. The minimum Gasteiger partial charge on any atom is -0.328 e. The van der Waals surface area contributed by atoms with Gasteiger partial charge in [-0.3, -0.25) is 0 Å². The molecule has 0 aromatic rings. The van der Waals surface area contributed by atoms with E-state index in [4.69, 9.17) is 11.5 Å². The summed E-state index contributed by atoms with van der Waals surface area (Å²) in [6, 6.07) is 0.778. The predicted molar refractivity (Wildman–Crippen MR) is 59.6 cm³/mol. The fourth-order valence-electron chi connectivity index (χ4n) is 1.48. The van der Waals surface area contributed by atoms with Gasteiger partial charge in [0.25, 0.3) is 0 Å². The topological polar surface area (TPSA) is 52.0 Å². The van der Waals surface area contributed by atoms with Gasteiger partial charge in [-0.2, -0.15) is 0 Å². The van der Waals surface area contributed by atoms with Gasteiger partial charge in [-0.1, -0.05) is 32.6 Å². The lowest BCUT2D eigenvalue weighted by Crippen LogP contribution is -2.20. The van der Waals surface area contributed by atoms with Crippen molar-refractivity contribution in [3.63, 3.8) is 0 Å². The van der Waals surface area contributed by atoms with Crippen molar-refractivity contribution in [2.45, 2.75) is 70.9 Å². The number of rotatable bonds is 8. The summed E-state index contributed by atoms with van der Waals surface area (Å²) in [5, 5.41) is 0. The van der Waals surface area contributed by atoms with Gasteiger partial charge in [0.2, 0.25) is 0 Å². The Labute approximate surface area is 83.1 Å². The van der Waals surface area contributed by atoms with Gasteiger partial charge in [0.05, 0.1) is 0 Å². The third-order valence-corrected chi connectivity index (χ3v) is 2.41. The highest BCUT2D eigenvalue weighted by atomic mass is 14.6. The molecule has 0 aromatic carbocycles. The largest absolute Gasteiger partial charge is 0.328 e. The molecule has 0 amide bonds. The molecule has 2 nitrogen and oxygen atoms in total. The van der Waals surface area contributed by atoms with Crippen LogP contribution in [0.15, 0.2) is 0 Å². The summed E-state index contributed by atoms with van der Waals surface area (Å²) in [7, 11) is 0. The Balaban J connectivity index is 3.12. The zero-order valence-electron chi connectivity index (χ0n) is 9.26. The van der Waals surface area contributed by atoms with Crippen molar-refractivity contribution in [1.29, 1.82) is 0 Å². The Morgan fingerprint density at radius 2 is 1.46 bits per heavy atom. The second kappa shape index (κ2) is 8.52. The molecule has 0 aliphatic rings. The molecule has 0 heterocycles. The van der Waals surface area contributed by atoms with Gasteiger partial charge in [-0.15, -0.1) is 0 Å². The van der Waals surface area contributed by atoms with Crippen LogP contribution in [0.4, 0.5) is 0 Å². The van der Waals surface area contributed by atoms with Gasteiger partial charge in [0, 0.05) is 12.1 Å². The summed E-state index contributed by atoms with van der Waals surface area (Å²) in [5.74, 6) is 0. The molecule has 2 atom stereocenters. The van der Waals surface area contributed by atoms with Crippen LogP contribution < -0.4 is 11.5 Å². The van der Waals surface area contributed by atoms with E-state index in [1.807, 2.05) is 0 Å². The van der Waals surface area contributed by atoms with E-state index in [-0.39, 0.29) is 0 Å². The minimum atomic E-state index is 0.354. The fraction of sp³-hybridized carbons (Fsp3) is 1.00. The van der Waals surface area contributed by atoms with E-state index in [0.29, 0.717) is 12.1 Å². The van der Waals surface area contributed by atoms with Crippen molar-refractivity contribution in [3.8, 4) is 0 Å². The van der Waals surface area contributed by atoms with Crippen molar-refractivity contribution in [2.24, 2.45) is 11.5 Å². The number of hydrogen-bond donors (Lipinski definition) is 2. The molecule has 0 aliphatic carbocycles. The van der Waals surface area contributed by atoms with Crippen LogP contribution in [0, 0.1) is 0 Å². The fourth-order valence-corrected chi connectivity index (χ4v) is 1.48. The SMILES string of the molecule is CCCCC(N)CCCC[C@@H](C)N. The van der Waals surface area contributed by atoms with E-state index < -0.39 is 0 Å². The zero-order chi connectivity index (χ0) is 10.1. The summed E-state index contributed by atoms with van der Waals surface area (Å²) in [5.41, 5.74) is 11.6. The molecule has 0 saturated heterocycles. The highest BCUT2D eigenvalue weighted by Crippen LogP contribution is 2.08. The summed E-state index contributed by atoms with van der Waals surface area (Å²) >= 11 is 0. The Kier molecular flexibility index (Phi) is 8.46. The molecule has 0 aromatic heterocycles. The minimum absolute atomic E-state index is 0.354. The molecule has 0 saturated carbocycles. The Bertz CT molecular complexity index is 102. The molecular formula is C11H26N2. The van der Waals surface area contributed by atoms with Gasteiger partial charge in [0.1, 0.15) is 0 Å². The standard InChI is InChI=1S/C11H26N2/c1-3-4-8-11(13)9-6-5-7-10(2)12/h10-11H,3-9,12-13H2,1-2H3/t10-,11?/m1/s1. The third-order valence-electron chi connectivity index (χ3n) is 2.41. The second-order valence-corrected chi connectivity index (χ2v) is 4.16. The van der Waals surface area contributed by atoms with E-state index in [0.717, 1.165) is 6.42 Å². The quantitative estimate of drug-likeness (QED) is 0.572. The third kappa shape index (κ3) is 9.84. The average molecular weight is 186 g/mol. The summed E-state index contributed by atoms with van der Waals surface area (Å²) in [6.07, 6.45) is 8.51. The average Bonchev–Trinajstić information content (AvgIpc) is 2.08. The molecule has 0 fully saturated rings. The molecule has 4 N–H and O–H groups in total. The van der Waals surface area contributed by atoms with Crippen molar-refractivity contribution in [1.82, 2.24) is 0 Å². The van der Waals surface area contributed by atoms with Gasteiger partial charge >= 0.3 is 0 Å². The Morgan fingerprint density at radius 1 is 0.923 bits per heavy atom. The Morgan fingerprint density at radius 3 is 2.00 bits per heavy atom. The molecule has 0 rings (SSSR count).